The number of ether oxygens (including phenoxy) is 1. The van der Waals surface area contributed by atoms with Crippen molar-refractivity contribution in [1.29, 1.82) is 0 Å². The summed E-state index contributed by atoms with van der Waals surface area (Å²) in [7, 11) is 3.59. The Balaban J connectivity index is 0.00000280. The van der Waals surface area contributed by atoms with Crippen molar-refractivity contribution in [2.75, 3.05) is 40.3 Å². The zero-order valence-corrected chi connectivity index (χ0v) is 19.1. The van der Waals surface area contributed by atoms with Crippen LogP contribution in [0.3, 0.4) is 0 Å². The number of benzene rings is 2. The van der Waals surface area contributed by atoms with Crippen molar-refractivity contribution in [3.63, 3.8) is 0 Å². The zero-order chi connectivity index (χ0) is 18.9. The fourth-order valence-electron chi connectivity index (χ4n) is 3.47. The van der Waals surface area contributed by atoms with E-state index in [9.17, 15) is 0 Å². The second kappa shape index (κ2) is 12.0. The van der Waals surface area contributed by atoms with E-state index < -0.39 is 0 Å². The lowest BCUT2D eigenvalue weighted by Crippen LogP contribution is -2.52. The van der Waals surface area contributed by atoms with Gasteiger partial charge in [0.05, 0.1) is 6.61 Å². The molecule has 0 atom stereocenters. The quantitative estimate of drug-likeness (QED) is 0.380. The van der Waals surface area contributed by atoms with E-state index in [1.165, 1.54) is 16.7 Å². The minimum Gasteiger partial charge on any atom is -0.380 e. The normalized spacial score (nSPS) is 15.2. The smallest absolute Gasteiger partial charge is 0.194 e. The Labute approximate surface area is 185 Å². The van der Waals surface area contributed by atoms with Gasteiger partial charge in [-0.3, -0.25) is 9.89 Å². The van der Waals surface area contributed by atoms with Gasteiger partial charge in [0.15, 0.2) is 5.96 Å². The maximum atomic E-state index is 5.22. The molecule has 1 N–H and O–H groups in total. The highest BCUT2D eigenvalue weighted by molar-refractivity contribution is 14.0. The number of nitrogens with zero attached hydrogens (tertiary/aromatic N) is 3. The van der Waals surface area contributed by atoms with Gasteiger partial charge in [0.1, 0.15) is 0 Å². The first-order valence-corrected chi connectivity index (χ1v) is 9.57. The molecule has 0 unspecified atom stereocenters. The molecule has 1 aliphatic rings. The Hall–Kier alpha value is -1.64. The van der Waals surface area contributed by atoms with Crippen molar-refractivity contribution in [1.82, 2.24) is 15.1 Å². The summed E-state index contributed by atoms with van der Waals surface area (Å²) in [6.45, 7) is 6.54. The van der Waals surface area contributed by atoms with Gasteiger partial charge in [-0.1, -0.05) is 54.6 Å². The summed E-state index contributed by atoms with van der Waals surface area (Å²) in [5.74, 6) is 0.978. The molecule has 0 radical (unpaired) electrons. The molecule has 1 aliphatic heterocycles. The Bertz CT molecular complexity index is 730. The molecule has 0 aromatic heterocycles. The van der Waals surface area contributed by atoms with Gasteiger partial charge in [-0.05, 0) is 16.7 Å². The third-order valence-corrected chi connectivity index (χ3v) is 4.89. The molecule has 1 fully saturated rings. The van der Waals surface area contributed by atoms with Crippen LogP contribution in [0.1, 0.15) is 16.7 Å². The number of piperazine rings is 1. The standard InChI is InChI=1S/C22H30N4O.HI/c1-23-22(24-16-20-9-6-10-21(15-20)18-27-2)26-13-11-25(12-14-26)17-19-7-4-3-5-8-19;/h3-10,15H,11-14,16-18H2,1-2H3,(H,23,24);1H. The topological polar surface area (TPSA) is 40.1 Å². The second-order valence-electron chi connectivity index (χ2n) is 6.90. The van der Waals surface area contributed by atoms with Crippen LogP contribution in [0, 0.1) is 0 Å². The van der Waals surface area contributed by atoms with E-state index in [1.807, 2.05) is 7.05 Å². The molecule has 2 aromatic rings. The molecule has 1 heterocycles. The van der Waals surface area contributed by atoms with E-state index in [0.29, 0.717) is 6.61 Å². The Morgan fingerprint density at radius 2 is 1.64 bits per heavy atom. The minimum atomic E-state index is 0. The van der Waals surface area contributed by atoms with Crippen LogP contribution in [0.4, 0.5) is 0 Å². The first-order valence-electron chi connectivity index (χ1n) is 9.57. The average molecular weight is 494 g/mol. The lowest BCUT2D eigenvalue weighted by atomic mass is 10.1. The van der Waals surface area contributed by atoms with Crippen LogP contribution < -0.4 is 5.32 Å². The average Bonchev–Trinajstić information content (AvgIpc) is 2.71. The maximum Gasteiger partial charge on any atom is 0.194 e. The van der Waals surface area contributed by atoms with E-state index in [-0.39, 0.29) is 24.0 Å². The van der Waals surface area contributed by atoms with Crippen molar-refractivity contribution in [3.8, 4) is 0 Å². The van der Waals surface area contributed by atoms with Crippen molar-refractivity contribution >= 4 is 29.9 Å². The molecule has 0 amide bonds. The highest BCUT2D eigenvalue weighted by Crippen LogP contribution is 2.10. The minimum absolute atomic E-state index is 0. The number of methoxy groups -OCH3 is 1. The number of rotatable bonds is 6. The third-order valence-electron chi connectivity index (χ3n) is 4.89. The van der Waals surface area contributed by atoms with Gasteiger partial charge in [-0.15, -0.1) is 24.0 Å². The number of hydrogen-bond donors (Lipinski definition) is 1. The first-order chi connectivity index (χ1) is 13.3. The Morgan fingerprint density at radius 1 is 0.964 bits per heavy atom. The summed E-state index contributed by atoms with van der Waals surface area (Å²) in [6, 6.07) is 19.2. The fourth-order valence-corrected chi connectivity index (χ4v) is 3.47. The lowest BCUT2D eigenvalue weighted by Gasteiger charge is -2.36. The molecule has 0 bridgehead atoms. The predicted molar refractivity (Wildman–Crippen MR) is 126 cm³/mol. The van der Waals surface area contributed by atoms with Crippen LogP contribution in [0.5, 0.6) is 0 Å². The number of aliphatic imine (C=N–C) groups is 1. The molecule has 0 spiro atoms. The summed E-state index contributed by atoms with van der Waals surface area (Å²) >= 11 is 0. The summed E-state index contributed by atoms with van der Waals surface area (Å²) in [5, 5.41) is 3.51. The summed E-state index contributed by atoms with van der Waals surface area (Å²) in [5.41, 5.74) is 3.82. The van der Waals surface area contributed by atoms with Gasteiger partial charge in [0, 0.05) is 53.4 Å². The predicted octanol–water partition coefficient (Wildman–Crippen LogP) is 3.34. The molecule has 152 valence electrons. The van der Waals surface area contributed by atoms with Crippen LogP contribution in [0.15, 0.2) is 59.6 Å². The monoisotopic (exact) mass is 494 g/mol. The number of halogens is 1. The van der Waals surface area contributed by atoms with Gasteiger partial charge in [-0.25, -0.2) is 0 Å². The zero-order valence-electron chi connectivity index (χ0n) is 16.8. The first kappa shape index (κ1) is 22.6. The molecule has 5 nitrogen and oxygen atoms in total. The van der Waals surface area contributed by atoms with E-state index in [1.54, 1.807) is 7.11 Å². The van der Waals surface area contributed by atoms with Crippen LogP contribution >= 0.6 is 24.0 Å². The molecule has 6 heteroatoms. The molecule has 1 saturated heterocycles. The fraction of sp³-hybridized carbons (Fsp3) is 0.409. The van der Waals surface area contributed by atoms with E-state index in [0.717, 1.165) is 45.2 Å². The Morgan fingerprint density at radius 3 is 2.32 bits per heavy atom. The lowest BCUT2D eigenvalue weighted by molar-refractivity contribution is 0.172. The van der Waals surface area contributed by atoms with Gasteiger partial charge in [-0.2, -0.15) is 0 Å². The number of hydrogen-bond acceptors (Lipinski definition) is 3. The molecule has 3 rings (SSSR count). The molecule has 28 heavy (non-hydrogen) atoms. The van der Waals surface area contributed by atoms with Crippen LogP contribution in [-0.2, 0) is 24.4 Å². The largest absolute Gasteiger partial charge is 0.380 e. The second-order valence-corrected chi connectivity index (χ2v) is 6.90. The van der Waals surface area contributed by atoms with Crippen LogP contribution in [0.2, 0.25) is 0 Å². The van der Waals surface area contributed by atoms with Crippen LogP contribution in [0.25, 0.3) is 0 Å². The highest BCUT2D eigenvalue weighted by atomic mass is 127. The molecule has 2 aromatic carbocycles. The van der Waals surface area contributed by atoms with Crippen LogP contribution in [-0.4, -0.2) is 56.1 Å². The number of guanidine groups is 1. The van der Waals surface area contributed by atoms with Crippen molar-refractivity contribution in [2.45, 2.75) is 19.7 Å². The van der Waals surface area contributed by atoms with E-state index >= 15 is 0 Å². The van der Waals surface area contributed by atoms with Gasteiger partial charge in [0.25, 0.3) is 0 Å². The number of nitrogens with one attached hydrogen (secondary N) is 1. The van der Waals surface area contributed by atoms with Crippen molar-refractivity contribution < 1.29 is 4.74 Å². The SMILES string of the molecule is CN=C(NCc1cccc(COC)c1)N1CCN(Cc2ccccc2)CC1.I. The maximum absolute atomic E-state index is 5.22. The van der Waals surface area contributed by atoms with Gasteiger partial charge < -0.3 is 15.0 Å². The molecular formula is C22H31IN4O. The summed E-state index contributed by atoms with van der Waals surface area (Å²) < 4.78 is 5.22. The van der Waals surface area contributed by atoms with Gasteiger partial charge >= 0.3 is 0 Å². The molecule has 0 saturated carbocycles. The van der Waals surface area contributed by atoms with Gasteiger partial charge in [0.2, 0.25) is 0 Å². The Kier molecular flexibility index (Phi) is 9.73. The van der Waals surface area contributed by atoms with Crippen molar-refractivity contribution in [3.05, 3.63) is 71.3 Å². The molecule has 0 aliphatic carbocycles. The van der Waals surface area contributed by atoms with E-state index in [2.05, 4.69) is 74.7 Å². The molecular weight excluding hydrogens is 463 g/mol. The third kappa shape index (κ3) is 6.76. The van der Waals surface area contributed by atoms with Crippen molar-refractivity contribution in [2.24, 2.45) is 4.99 Å². The summed E-state index contributed by atoms with van der Waals surface area (Å²) in [4.78, 5) is 9.34. The highest BCUT2D eigenvalue weighted by Gasteiger charge is 2.19. The van der Waals surface area contributed by atoms with E-state index in [4.69, 9.17) is 4.74 Å². The summed E-state index contributed by atoms with van der Waals surface area (Å²) in [6.07, 6.45) is 0.